The maximum absolute atomic E-state index is 10.8. The fourth-order valence-corrected chi connectivity index (χ4v) is 1.73. The van der Waals surface area contributed by atoms with Gasteiger partial charge in [-0.25, -0.2) is 4.79 Å². The Bertz CT molecular complexity index is 235. The zero-order valence-electron chi connectivity index (χ0n) is 7.94. The van der Waals surface area contributed by atoms with Crippen molar-refractivity contribution in [3.63, 3.8) is 0 Å². The molecule has 1 atom stereocenters. The predicted octanol–water partition coefficient (Wildman–Crippen LogP) is 1.42. The molecule has 0 aromatic carbocycles. The number of nitrogens with zero attached hydrogens (tertiary/aromatic N) is 2. The minimum absolute atomic E-state index is 0.0927. The number of halogens is 1. The molecule has 1 fully saturated rings. The summed E-state index contributed by atoms with van der Waals surface area (Å²) in [4.78, 5) is 24.2. The van der Waals surface area contributed by atoms with Crippen LogP contribution >= 0.6 is 11.6 Å². The lowest BCUT2D eigenvalue weighted by Gasteiger charge is -2.35. The molecule has 1 unspecified atom stereocenters. The van der Waals surface area contributed by atoms with Gasteiger partial charge in [-0.1, -0.05) is 0 Å². The molecule has 0 bridgehead atoms. The van der Waals surface area contributed by atoms with E-state index in [1.54, 1.807) is 7.05 Å². The summed E-state index contributed by atoms with van der Waals surface area (Å²) in [5.41, 5.74) is 0. The Labute approximate surface area is 87.2 Å². The van der Waals surface area contributed by atoms with E-state index in [4.69, 9.17) is 16.7 Å². The highest BCUT2D eigenvalue weighted by Gasteiger charge is 2.27. The number of likely N-dealkylation sites (tertiary alicyclic amines) is 1. The second-order valence-corrected chi connectivity index (χ2v) is 3.71. The Hall–Kier alpha value is -0.970. The van der Waals surface area contributed by atoms with Crippen molar-refractivity contribution in [3.05, 3.63) is 0 Å². The Morgan fingerprint density at radius 2 is 2.21 bits per heavy atom. The lowest BCUT2D eigenvalue weighted by atomic mass is 10.1. The van der Waals surface area contributed by atoms with Crippen molar-refractivity contribution in [1.29, 1.82) is 0 Å². The fraction of sp³-hybridized carbons (Fsp3) is 0.750. The smallest absolute Gasteiger partial charge is 0.407 e. The Morgan fingerprint density at radius 1 is 1.57 bits per heavy atom. The van der Waals surface area contributed by atoms with Crippen LogP contribution in [0, 0.1) is 0 Å². The molecule has 5 nitrogen and oxygen atoms in total. The lowest BCUT2D eigenvalue weighted by Crippen LogP contribution is -2.48. The first-order valence-corrected chi connectivity index (χ1v) is 4.80. The zero-order valence-corrected chi connectivity index (χ0v) is 8.70. The first-order chi connectivity index (χ1) is 6.52. The van der Waals surface area contributed by atoms with E-state index in [1.165, 1.54) is 9.80 Å². The number of amides is 2. The summed E-state index contributed by atoms with van der Waals surface area (Å²) in [6.07, 6.45) is 0.634. The van der Waals surface area contributed by atoms with Crippen molar-refractivity contribution in [2.24, 2.45) is 0 Å². The summed E-state index contributed by atoms with van der Waals surface area (Å²) >= 11 is 5.31. The van der Waals surface area contributed by atoms with Crippen LogP contribution in [0.3, 0.4) is 0 Å². The van der Waals surface area contributed by atoms with Gasteiger partial charge in [0.2, 0.25) is 0 Å². The SMILES string of the molecule is CN(C(=O)Cl)C1CCCN(C(=O)O)C1. The first-order valence-electron chi connectivity index (χ1n) is 4.42. The second-order valence-electron chi connectivity index (χ2n) is 3.39. The van der Waals surface area contributed by atoms with Crippen LogP contribution in [-0.4, -0.2) is 52.5 Å². The molecule has 0 spiro atoms. The maximum atomic E-state index is 10.8. The molecule has 80 valence electrons. The van der Waals surface area contributed by atoms with Gasteiger partial charge in [0, 0.05) is 20.1 Å². The van der Waals surface area contributed by atoms with Gasteiger partial charge in [-0.05, 0) is 24.4 Å². The van der Waals surface area contributed by atoms with Crippen LogP contribution in [0.25, 0.3) is 0 Å². The van der Waals surface area contributed by atoms with Gasteiger partial charge in [0.1, 0.15) is 0 Å². The van der Waals surface area contributed by atoms with Crippen LogP contribution in [0.2, 0.25) is 0 Å². The van der Waals surface area contributed by atoms with E-state index < -0.39 is 11.5 Å². The lowest BCUT2D eigenvalue weighted by molar-refractivity contribution is 0.108. The third-order valence-corrected chi connectivity index (χ3v) is 2.76. The van der Waals surface area contributed by atoms with Crippen molar-refractivity contribution in [3.8, 4) is 0 Å². The molecule has 0 aliphatic carbocycles. The summed E-state index contributed by atoms with van der Waals surface area (Å²) in [6.45, 7) is 0.889. The van der Waals surface area contributed by atoms with E-state index in [9.17, 15) is 9.59 Å². The molecule has 1 N–H and O–H groups in total. The molecule has 0 aromatic rings. The standard InChI is InChI=1S/C8H13ClN2O3/c1-10(7(9)12)6-3-2-4-11(5-6)8(13)14/h6H,2-5H2,1H3,(H,13,14). The highest BCUT2D eigenvalue weighted by molar-refractivity contribution is 6.62. The minimum Gasteiger partial charge on any atom is -0.465 e. The molecule has 1 saturated heterocycles. The van der Waals surface area contributed by atoms with Crippen molar-refractivity contribution in [2.45, 2.75) is 18.9 Å². The molecule has 6 heteroatoms. The monoisotopic (exact) mass is 220 g/mol. The van der Waals surface area contributed by atoms with Crippen molar-refractivity contribution in [1.82, 2.24) is 9.80 Å². The summed E-state index contributed by atoms with van der Waals surface area (Å²) in [5, 5.41) is 8.23. The summed E-state index contributed by atoms with van der Waals surface area (Å²) in [5.74, 6) is 0. The third kappa shape index (κ3) is 2.51. The number of carbonyl (C=O) groups is 2. The number of likely N-dealkylation sites (N-methyl/N-ethyl adjacent to an activating group) is 1. The largest absolute Gasteiger partial charge is 0.465 e. The Balaban J connectivity index is 2.55. The fourth-order valence-electron chi connectivity index (χ4n) is 1.59. The topological polar surface area (TPSA) is 60.9 Å². The number of rotatable bonds is 1. The maximum Gasteiger partial charge on any atom is 0.407 e. The van der Waals surface area contributed by atoms with Gasteiger partial charge in [-0.3, -0.25) is 4.79 Å². The van der Waals surface area contributed by atoms with E-state index in [0.29, 0.717) is 13.1 Å². The van der Waals surface area contributed by atoms with Crippen molar-refractivity contribution >= 4 is 23.1 Å². The van der Waals surface area contributed by atoms with Gasteiger partial charge in [0.25, 0.3) is 0 Å². The second kappa shape index (κ2) is 4.50. The van der Waals surface area contributed by atoms with Gasteiger partial charge < -0.3 is 14.9 Å². The van der Waals surface area contributed by atoms with Crippen LogP contribution in [0.4, 0.5) is 9.59 Å². The molecule has 1 aliphatic heterocycles. The first kappa shape index (κ1) is 11.1. The van der Waals surface area contributed by atoms with Gasteiger partial charge >= 0.3 is 11.5 Å². The van der Waals surface area contributed by atoms with E-state index in [0.717, 1.165) is 12.8 Å². The molecule has 2 amide bonds. The zero-order chi connectivity index (χ0) is 10.7. The van der Waals surface area contributed by atoms with Crippen LogP contribution in [0.15, 0.2) is 0 Å². The van der Waals surface area contributed by atoms with Gasteiger partial charge in [-0.2, -0.15) is 0 Å². The van der Waals surface area contributed by atoms with Gasteiger partial charge in [0.05, 0.1) is 6.04 Å². The van der Waals surface area contributed by atoms with Crippen LogP contribution in [0.5, 0.6) is 0 Å². The number of carbonyl (C=O) groups excluding carboxylic acids is 1. The molecule has 0 aromatic heterocycles. The van der Waals surface area contributed by atoms with E-state index in [-0.39, 0.29) is 6.04 Å². The van der Waals surface area contributed by atoms with Crippen molar-refractivity contribution in [2.75, 3.05) is 20.1 Å². The average Bonchev–Trinajstić information content (AvgIpc) is 2.16. The number of piperidine rings is 1. The molecule has 1 rings (SSSR count). The molecular weight excluding hydrogens is 208 g/mol. The molecule has 1 aliphatic rings. The third-order valence-electron chi connectivity index (χ3n) is 2.49. The Morgan fingerprint density at radius 3 is 2.71 bits per heavy atom. The van der Waals surface area contributed by atoms with Crippen LogP contribution < -0.4 is 0 Å². The minimum atomic E-state index is -0.940. The van der Waals surface area contributed by atoms with Crippen molar-refractivity contribution < 1.29 is 14.7 Å². The number of hydrogen-bond donors (Lipinski definition) is 1. The number of hydrogen-bond acceptors (Lipinski definition) is 2. The predicted molar refractivity (Wildman–Crippen MR) is 51.6 cm³/mol. The molecule has 1 heterocycles. The summed E-state index contributed by atoms with van der Waals surface area (Å²) < 4.78 is 0. The van der Waals surface area contributed by atoms with Crippen LogP contribution in [0.1, 0.15) is 12.8 Å². The van der Waals surface area contributed by atoms with E-state index in [2.05, 4.69) is 0 Å². The summed E-state index contributed by atoms with van der Waals surface area (Å²) in [6, 6.07) is -0.0927. The molecular formula is C8H13ClN2O3. The normalized spacial score (nSPS) is 21.9. The van der Waals surface area contributed by atoms with E-state index in [1.807, 2.05) is 0 Å². The van der Waals surface area contributed by atoms with Gasteiger partial charge in [-0.15, -0.1) is 0 Å². The Kier molecular flexibility index (Phi) is 3.57. The van der Waals surface area contributed by atoms with E-state index >= 15 is 0 Å². The molecule has 14 heavy (non-hydrogen) atoms. The highest BCUT2D eigenvalue weighted by Crippen LogP contribution is 2.15. The quantitative estimate of drug-likeness (QED) is 0.537. The summed E-state index contributed by atoms with van der Waals surface area (Å²) in [7, 11) is 1.59. The molecule has 0 radical (unpaired) electrons. The number of carboxylic acid groups (broad SMARTS) is 1. The highest BCUT2D eigenvalue weighted by atomic mass is 35.5. The van der Waals surface area contributed by atoms with Gasteiger partial charge in [0.15, 0.2) is 0 Å². The average molecular weight is 221 g/mol. The van der Waals surface area contributed by atoms with Crippen LogP contribution in [-0.2, 0) is 0 Å². The molecule has 0 saturated carbocycles.